The SMILES string of the molecule is CCC1(C)CN(C(=O)CCOC(C)(C)O)CC1c1ccc(OC)c(OC2CN(c3ccc(C)cn3)C2)c1. The number of ether oxygens (including phenoxy) is 3. The average Bonchev–Trinajstić information content (AvgIpc) is 3.19. The number of aliphatic hydroxyl groups is 1. The lowest BCUT2D eigenvalue weighted by Crippen LogP contribution is -2.54. The van der Waals surface area contributed by atoms with E-state index in [2.05, 4.69) is 41.9 Å². The molecule has 2 unspecified atom stereocenters. The van der Waals surface area contributed by atoms with Crippen molar-refractivity contribution in [2.75, 3.05) is 44.8 Å². The zero-order valence-corrected chi connectivity index (χ0v) is 23.0. The van der Waals surface area contributed by atoms with Crippen molar-refractivity contribution in [3.8, 4) is 11.5 Å². The molecule has 0 radical (unpaired) electrons. The third kappa shape index (κ3) is 6.36. The van der Waals surface area contributed by atoms with E-state index in [9.17, 15) is 9.90 Å². The lowest BCUT2D eigenvalue weighted by Gasteiger charge is -2.40. The van der Waals surface area contributed by atoms with Crippen LogP contribution in [-0.4, -0.2) is 72.7 Å². The molecule has 0 saturated carbocycles. The van der Waals surface area contributed by atoms with Crippen LogP contribution in [0.3, 0.4) is 0 Å². The quantitative estimate of drug-likeness (QED) is 0.480. The summed E-state index contributed by atoms with van der Waals surface area (Å²) >= 11 is 0. The number of methoxy groups -OCH3 is 1. The summed E-state index contributed by atoms with van der Waals surface area (Å²) in [6.07, 6.45) is 3.14. The van der Waals surface area contributed by atoms with Crippen LogP contribution in [0.2, 0.25) is 0 Å². The Kier molecular flexibility index (Phi) is 7.99. The molecular formula is C29H41N3O5. The summed E-state index contributed by atoms with van der Waals surface area (Å²) in [5, 5.41) is 9.77. The Hall–Kier alpha value is -2.84. The molecule has 2 aromatic rings. The van der Waals surface area contributed by atoms with E-state index in [0.717, 1.165) is 42.2 Å². The molecule has 2 aliphatic heterocycles. The molecule has 0 aliphatic carbocycles. The smallest absolute Gasteiger partial charge is 0.224 e. The van der Waals surface area contributed by atoms with E-state index in [1.165, 1.54) is 0 Å². The summed E-state index contributed by atoms with van der Waals surface area (Å²) in [6.45, 7) is 12.7. The number of aromatic nitrogens is 1. The molecular weight excluding hydrogens is 470 g/mol. The Labute approximate surface area is 220 Å². The second-order valence-corrected chi connectivity index (χ2v) is 11.1. The maximum Gasteiger partial charge on any atom is 0.224 e. The predicted octanol–water partition coefficient (Wildman–Crippen LogP) is 4.14. The van der Waals surface area contributed by atoms with E-state index in [0.29, 0.717) is 18.8 Å². The van der Waals surface area contributed by atoms with Crippen molar-refractivity contribution in [2.45, 2.75) is 65.3 Å². The van der Waals surface area contributed by atoms with Crippen LogP contribution in [0.4, 0.5) is 5.82 Å². The van der Waals surface area contributed by atoms with E-state index in [4.69, 9.17) is 14.2 Å². The van der Waals surface area contributed by atoms with Gasteiger partial charge in [-0.05, 0) is 61.9 Å². The molecule has 8 nitrogen and oxygen atoms in total. The van der Waals surface area contributed by atoms with Crippen molar-refractivity contribution in [3.63, 3.8) is 0 Å². The van der Waals surface area contributed by atoms with Crippen LogP contribution < -0.4 is 14.4 Å². The predicted molar refractivity (Wildman–Crippen MR) is 143 cm³/mol. The number of likely N-dealkylation sites (tertiary alicyclic amines) is 1. The van der Waals surface area contributed by atoms with Crippen molar-refractivity contribution in [1.82, 2.24) is 9.88 Å². The van der Waals surface area contributed by atoms with Crippen molar-refractivity contribution in [3.05, 3.63) is 47.7 Å². The van der Waals surface area contributed by atoms with Crippen molar-refractivity contribution < 1.29 is 24.1 Å². The fourth-order valence-corrected chi connectivity index (χ4v) is 5.18. The minimum absolute atomic E-state index is 0.0516. The Balaban J connectivity index is 1.43. The van der Waals surface area contributed by atoms with Crippen LogP contribution in [0.15, 0.2) is 36.5 Å². The summed E-state index contributed by atoms with van der Waals surface area (Å²) in [7, 11) is 1.66. The van der Waals surface area contributed by atoms with E-state index in [-0.39, 0.29) is 36.4 Å². The molecule has 0 bridgehead atoms. The normalized spacial score (nSPS) is 22.2. The van der Waals surface area contributed by atoms with Crippen LogP contribution in [0, 0.1) is 12.3 Å². The first-order valence-electron chi connectivity index (χ1n) is 13.2. The molecule has 37 heavy (non-hydrogen) atoms. The van der Waals surface area contributed by atoms with Gasteiger partial charge in [0.25, 0.3) is 0 Å². The van der Waals surface area contributed by atoms with Gasteiger partial charge in [-0.3, -0.25) is 4.79 Å². The Bertz CT molecular complexity index is 1080. The molecule has 1 aromatic carbocycles. The first-order valence-corrected chi connectivity index (χ1v) is 13.2. The number of carbonyl (C=O) groups excluding carboxylic acids is 1. The topological polar surface area (TPSA) is 84.4 Å². The molecule has 2 fully saturated rings. The van der Waals surface area contributed by atoms with E-state index in [1.807, 2.05) is 30.2 Å². The highest BCUT2D eigenvalue weighted by Gasteiger charge is 2.44. The summed E-state index contributed by atoms with van der Waals surface area (Å²) in [5.74, 6) is 1.41. The van der Waals surface area contributed by atoms with Crippen molar-refractivity contribution in [1.29, 1.82) is 0 Å². The molecule has 0 spiro atoms. The van der Waals surface area contributed by atoms with E-state index in [1.54, 1.807) is 21.0 Å². The van der Waals surface area contributed by atoms with Crippen LogP contribution >= 0.6 is 0 Å². The molecule has 8 heteroatoms. The van der Waals surface area contributed by atoms with Gasteiger partial charge in [0.2, 0.25) is 5.91 Å². The summed E-state index contributed by atoms with van der Waals surface area (Å²) in [6, 6.07) is 10.3. The van der Waals surface area contributed by atoms with Crippen molar-refractivity contribution >= 4 is 11.7 Å². The Morgan fingerprint density at radius 3 is 2.57 bits per heavy atom. The number of hydrogen-bond acceptors (Lipinski definition) is 7. The third-order valence-corrected chi connectivity index (χ3v) is 7.68. The van der Waals surface area contributed by atoms with Crippen LogP contribution in [0.5, 0.6) is 11.5 Å². The minimum atomic E-state index is -1.24. The molecule has 2 saturated heterocycles. The number of nitrogens with zero attached hydrogens (tertiary/aromatic N) is 3. The van der Waals surface area contributed by atoms with Gasteiger partial charge in [-0.25, -0.2) is 4.98 Å². The third-order valence-electron chi connectivity index (χ3n) is 7.68. The monoisotopic (exact) mass is 511 g/mol. The lowest BCUT2D eigenvalue weighted by atomic mass is 9.74. The molecule has 1 N–H and O–H groups in total. The molecule has 2 atom stereocenters. The molecule has 3 heterocycles. The number of benzene rings is 1. The van der Waals surface area contributed by atoms with E-state index < -0.39 is 5.79 Å². The molecule has 1 amide bonds. The van der Waals surface area contributed by atoms with E-state index >= 15 is 0 Å². The number of aryl methyl sites for hydroxylation is 1. The Morgan fingerprint density at radius 2 is 1.95 bits per heavy atom. The second kappa shape index (κ2) is 10.9. The molecule has 2 aliphatic rings. The highest BCUT2D eigenvalue weighted by atomic mass is 16.6. The van der Waals surface area contributed by atoms with Crippen LogP contribution in [0.25, 0.3) is 0 Å². The van der Waals surface area contributed by atoms with Gasteiger partial charge in [-0.15, -0.1) is 0 Å². The van der Waals surface area contributed by atoms with Gasteiger partial charge >= 0.3 is 0 Å². The Morgan fingerprint density at radius 1 is 1.19 bits per heavy atom. The van der Waals surface area contributed by atoms with Gasteiger partial charge in [0.1, 0.15) is 11.9 Å². The first-order chi connectivity index (χ1) is 17.5. The minimum Gasteiger partial charge on any atom is -0.493 e. The molecule has 4 rings (SSSR count). The van der Waals surface area contributed by atoms with Gasteiger partial charge < -0.3 is 29.1 Å². The fourth-order valence-electron chi connectivity index (χ4n) is 5.18. The van der Waals surface area contributed by atoms with Gasteiger partial charge in [0.15, 0.2) is 17.3 Å². The second-order valence-electron chi connectivity index (χ2n) is 11.1. The van der Waals surface area contributed by atoms with Gasteiger partial charge in [0.05, 0.1) is 33.2 Å². The summed E-state index contributed by atoms with van der Waals surface area (Å²) in [5.41, 5.74) is 2.25. The van der Waals surface area contributed by atoms with Gasteiger partial charge in [-0.2, -0.15) is 0 Å². The molecule has 202 valence electrons. The summed E-state index contributed by atoms with van der Waals surface area (Å²) < 4.78 is 17.4. The van der Waals surface area contributed by atoms with Gasteiger partial charge in [0, 0.05) is 25.2 Å². The van der Waals surface area contributed by atoms with Gasteiger partial charge in [-0.1, -0.05) is 26.0 Å². The maximum absolute atomic E-state index is 12.9. The molecule has 1 aromatic heterocycles. The number of hydrogen-bond donors (Lipinski definition) is 1. The largest absolute Gasteiger partial charge is 0.493 e. The van der Waals surface area contributed by atoms with Crippen molar-refractivity contribution in [2.24, 2.45) is 5.41 Å². The highest BCUT2D eigenvalue weighted by Crippen LogP contribution is 2.47. The fraction of sp³-hybridized carbons (Fsp3) is 0.586. The first kappa shape index (κ1) is 27.2. The zero-order chi connectivity index (χ0) is 26.8. The number of anilines is 1. The number of pyridine rings is 1. The standard InChI is InChI=1S/C29H41N3O5/c1-7-29(5)19-32(27(33)12-13-36-28(3,4)34)18-23(29)21-9-10-24(35-6)25(14-21)37-22-16-31(17-22)26-11-8-20(2)15-30-26/h8-11,14-15,22-23,34H,7,12-13,16-19H2,1-6H3. The van der Waals surface area contributed by atoms with Crippen LogP contribution in [-0.2, 0) is 9.53 Å². The average molecular weight is 512 g/mol. The van der Waals surface area contributed by atoms with Crippen LogP contribution in [0.1, 0.15) is 57.6 Å². The lowest BCUT2D eigenvalue weighted by molar-refractivity contribution is -0.178. The summed E-state index contributed by atoms with van der Waals surface area (Å²) in [4.78, 5) is 21.6. The number of rotatable bonds is 10. The number of amides is 1. The number of carbonyl (C=O) groups is 1. The highest BCUT2D eigenvalue weighted by molar-refractivity contribution is 5.77. The zero-order valence-electron chi connectivity index (χ0n) is 23.0. The maximum atomic E-state index is 12.9.